The van der Waals surface area contributed by atoms with E-state index in [0.717, 1.165) is 36.1 Å². The Morgan fingerprint density at radius 1 is 1.12 bits per heavy atom. The topological polar surface area (TPSA) is 81.1 Å². The third-order valence-corrected chi connectivity index (χ3v) is 4.61. The number of benzene rings is 1. The predicted octanol–water partition coefficient (Wildman–Crippen LogP) is 0.877. The molecular weight excluding hydrogens is 334 g/mol. The van der Waals surface area contributed by atoms with Crippen LogP contribution in [0.15, 0.2) is 18.2 Å². The summed E-state index contributed by atoms with van der Waals surface area (Å²) in [6.45, 7) is 0.852. The summed E-state index contributed by atoms with van der Waals surface area (Å²) in [4.78, 5) is 25.0. The highest BCUT2D eigenvalue weighted by atomic mass is 16.5. The highest BCUT2D eigenvalue weighted by molar-refractivity contribution is 5.94. The lowest BCUT2D eigenvalue weighted by Gasteiger charge is -2.22. The Balaban J connectivity index is 1.78. The maximum atomic E-state index is 12.1. The Bertz CT molecular complexity index is 615. The van der Waals surface area contributed by atoms with Gasteiger partial charge in [-0.05, 0) is 31.0 Å². The van der Waals surface area contributed by atoms with Crippen molar-refractivity contribution in [3.8, 4) is 11.5 Å². The van der Waals surface area contributed by atoms with Crippen molar-refractivity contribution in [2.45, 2.75) is 44.7 Å². The Labute approximate surface area is 155 Å². The van der Waals surface area contributed by atoms with E-state index in [0.29, 0.717) is 18.0 Å². The van der Waals surface area contributed by atoms with Crippen LogP contribution in [0, 0.1) is 0 Å². The molecule has 26 heavy (non-hydrogen) atoms. The second-order valence-electron chi connectivity index (χ2n) is 6.86. The van der Waals surface area contributed by atoms with Gasteiger partial charge in [-0.15, -0.1) is 0 Å². The summed E-state index contributed by atoms with van der Waals surface area (Å²) in [5.41, 5.74) is 1.03. The SMILES string of the molecule is COc1ccc(C[NH+](C)CC(=O)NC(=O)NC2CCCCC2)cc1OC. The summed E-state index contributed by atoms with van der Waals surface area (Å²) in [6.07, 6.45) is 5.48. The number of rotatable bonds is 7. The zero-order chi connectivity index (χ0) is 18.9. The molecule has 1 aliphatic carbocycles. The standard InChI is InChI=1S/C19H29N3O4/c1-22(12-14-9-10-16(25-2)17(11-14)26-3)13-18(23)21-19(24)20-15-7-5-4-6-8-15/h9-11,15H,4-8,12-13H2,1-3H3,(H2,20,21,23,24)/p+1. The molecule has 0 radical (unpaired) electrons. The van der Waals surface area contributed by atoms with Crippen molar-refractivity contribution in [3.05, 3.63) is 23.8 Å². The molecule has 1 aliphatic rings. The van der Waals surface area contributed by atoms with Gasteiger partial charge in [-0.3, -0.25) is 10.1 Å². The molecule has 1 fully saturated rings. The first-order chi connectivity index (χ1) is 12.5. The third-order valence-electron chi connectivity index (χ3n) is 4.61. The molecular formula is C19H30N3O4+. The lowest BCUT2D eigenvalue weighted by molar-refractivity contribution is -0.885. The minimum absolute atomic E-state index is 0.188. The summed E-state index contributed by atoms with van der Waals surface area (Å²) in [7, 11) is 5.10. The Kier molecular flexibility index (Phi) is 7.72. The number of likely N-dealkylation sites (N-methyl/N-ethyl adjacent to an activating group) is 1. The minimum Gasteiger partial charge on any atom is -0.493 e. The van der Waals surface area contributed by atoms with Crippen LogP contribution < -0.4 is 25.0 Å². The molecule has 1 aromatic rings. The highest BCUT2D eigenvalue weighted by Gasteiger charge is 2.18. The highest BCUT2D eigenvalue weighted by Crippen LogP contribution is 2.27. The second-order valence-corrected chi connectivity index (χ2v) is 6.86. The third kappa shape index (κ3) is 6.22. The van der Waals surface area contributed by atoms with E-state index in [4.69, 9.17) is 9.47 Å². The maximum Gasteiger partial charge on any atom is 0.321 e. The van der Waals surface area contributed by atoms with Crippen molar-refractivity contribution in [1.29, 1.82) is 0 Å². The molecule has 0 aliphatic heterocycles. The fourth-order valence-corrected chi connectivity index (χ4v) is 3.31. The van der Waals surface area contributed by atoms with Gasteiger partial charge in [0.05, 0.1) is 21.3 Å². The van der Waals surface area contributed by atoms with Crippen LogP contribution in [0.4, 0.5) is 4.79 Å². The number of ether oxygens (including phenoxy) is 2. The lowest BCUT2D eigenvalue weighted by atomic mass is 9.96. The van der Waals surface area contributed by atoms with Gasteiger partial charge < -0.3 is 19.7 Å². The summed E-state index contributed by atoms with van der Waals surface area (Å²) >= 11 is 0. The number of urea groups is 1. The second kappa shape index (κ2) is 10.0. The predicted molar refractivity (Wildman–Crippen MR) is 98.6 cm³/mol. The molecule has 0 aromatic heterocycles. The molecule has 7 nitrogen and oxygen atoms in total. The number of hydrogen-bond donors (Lipinski definition) is 3. The zero-order valence-corrected chi connectivity index (χ0v) is 15.9. The largest absolute Gasteiger partial charge is 0.493 e. The van der Waals surface area contributed by atoms with Crippen LogP contribution in [0.1, 0.15) is 37.7 Å². The van der Waals surface area contributed by atoms with Gasteiger partial charge in [0.2, 0.25) is 0 Å². The van der Waals surface area contributed by atoms with E-state index in [9.17, 15) is 9.59 Å². The van der Waals surface area contributed by atoms with Crippen LogP contribution in [0.5, 0.6) is 11.5 Å². The molecule has 144 valence electrons. The molecule has 7 heteroatoms. The van der Waals surface area contributed by atoms with Gasteiger partial charge in [0.15, 0.2) is 18.0 Å². The van der Waals surface area contributed by atoms with Crippen LogP contribution in [0.25, 0.3) is 0 Å². The zero-order valence-electron chi connectivity index (χ0n) is 15.9. The van der Waals surface area contributed by atoms with Crippen molar-refractivity contribution in [2.24, 2.45) is 0 Å². The Morgan fingerprint density at radius 3 is 2.46 bits per heavy atom. The molecule has 1 saturated carbocycles. The number of imide groups is 1. The van der Waals surface area contributed by atoms with E-state index in [1.807, 2.05) is 25.2 Å². The molecule has 1 atom stereocenters. The van der Waals surface area contributed by atoms with Crippen molar-refractivity contribution in [2.75, 3.05) is 27.8 Å². The lowest BCUT2D eigenvalue weighted by Crippen LogP contribution is -3.09. The average Bonchev–Trinajstić information content (AvgIpc) is 2.61. The van der Waals surface area contributed by atoms with Crippen LogP contribution in [-0.2, 0) is 11.3 Å². The van der Waals surface area contributed by atoms with E-state index >= 15 is 0 Å². The maximum absolute atomic E-state index is 12.1. The van der Waals surface area contributed by atoms with Crippen LogP contribution in [0.2, 0.25) is 0 Å². The minimum atomic E-state index is -0.388. The van der Waals surface area contributed by atoms with Gasteiger partial charge in [0.1, 0.15) is 6.54 Å². The van der Waals surface area contributed by atoms with Gasteiger partial charge in [0, 0.05) is 11.6 Å². The molecule has 1 unspecified atom stereocenters. The molecule has 1 aromatic carbocycles. The Morgan fingerprint density at radius 2 is 1.81 bits per heavy atom. The fourth-order valence-electron chi connectivity index (χ4n) is 3.31. The molecule has 3 N–H and O–H groups in total. The smallest absolute Gasteiger partial charge is 0.321 e. The quantitative estimate of drug-likeness (QED) is 0.671. The number of nitrogens with one attached hydrogen (secondary N) is 3. The molecule has 0 heterocycles. The molecule has 0 spiro atoms. The average molecular weight is 364 g/mol. The fraction of sp³-hybridized carbons (Fsp3) is 0.579. The Hall–Kier alpha value is -2.28. The van der Waals surface area contributed by atoms with Gasteiger partial charge in [-0.1, -0.05) is 19.3 Å². The number of carbonyl (C=O) groups excluding carboxylic acids is 2. The van der Waals surface area contributed by atoms with E-state index in [-0.39, 0.29) is 24.5 Å². The van der Waals surface area contributed by atoms with Crippen LogP contribution >= 0.6 is 0 Å². The van der Waals surface area contributed by atoms with Crippen molar-refractivity contribution in [1.82, 2.24) is 10.6 Å². The number of amides is 3. The van der Waals surface area contributed by atoms with Crippen LogP contribution in [0.3, 0.4) is 0 Å². The van der Waals surface area contributed by atoms with E-state index in [1.165, 1.54) is 6.42 Å². The number of hydrogen-bond acceptors (Lipinski definition) is 4. The number of carbonyl (C=O) groups is 2. The molecule has 0 saturated heterocycles. The first-order valence-electron chi connectivity index (χ1n) is 9.14. The number of methoxy groups -OCH3 is 2. The van der Waals surface area contributed by atoms with Crippen molar-refractivity contribution >= 4 is 11.9 Å². The summed E-state index contributed by atoms with van der Waals surface area (Å²) in [5.74, 6) is 1.05. The van der Waals surface area contributed by atoms with Crippen molar-refractivity contribution in [3.63, 3.8) is 0 Å². The van der Waals surface area contributed by atoms with E-state index < -0.39 is 0 Å². The van der Waals surface area contributed by atoms with Crippen molar-refractivity contribution < 1.29 is 24.0 Å². The van der Waals surface area contributed by atoms with Gasteiger partial charge in [0.25, 0.3) is 5.91 Å². The van der Waals surface area contributed by atoms with E-state index in [1.54, 1.807) is 14.2 Å². The monoisotopic (exact) mass is 364 g/mol. The first-order valence-corrected chi connectivity index (χ1v) is 9.14. The summed E-state index contributed by atoms with van der Waals surface area (Å²) < 4.78 is 10.5. The summed E-state index contributed by atoms with van der Waals surface area (Å²) in [5, 5.41) is 5.32. The molecule has 2 rings (SSSR count). The molecule has 3 amide bonds. The van der Waals surface area contributed by atoms with Gasteiger partial charge in [-0.25, -0.2) is 4.79 Å². The van der Waals surface area contributed by atoms with Crippen LogP contribution in [-0.4, -0.2) is 45.8 Å². The van der Waals surface area contributed by atoms with Gasteiger partial charge >= 0.3 is 6.03 Å². The first kappa shape index (κ1) is 20.0. The number of quaternary nitrogens is 1. The molecule has 0 bridgehead atoms. The van der Waals surface area contributed by atoms with Gasteiger partial charge in [-0.2, -0.15) is 0 Å². The van der Waals surface area contributed by atoms with E-state index in [2.05, 4.69) is 10.6 Å². The summed E-state index contributed by atoms with van der Waals surface area (Å²) in [6, 6.07) is 5.49. The normalized spacial score (nSPS) is 15.8.